The fourth-order valence-corrected chi connectivity index (χ4v) is 3.12. The zero-order valence-corrected chi connectivity index (χ0v) is 14.7. The quantitative estimate of drug-likeness (QED) is 0.807. The molecule has 0 aliphatic rings. The van der Waals surface area contributed by atoms with E-state index in [9.17, 15) is 4.79 Å². The molecule has 0 fully saturated rings. The van der Waals surface area contributed by atoms with E-state index in [0.717, 1.165) is 17.7 Å². The molecule has 1 aromatic heterocycles. The number of rotatable bonds is 8. The average Bonchev–Trinajstić information content (AvgIpc) is 3.07. The van der Waals surface area contributed by atoms with Crippen molar-refractivity contribution in [3.05, 3.63) is 52.2 Å². The number of amides is 1. The standard InChI is InChI=1S/C18H24N2O2S/c1-20(2)17(14-6-8-15(22-3)9-7-14)13-19-18(21)11-10-16-5-4-12-23-16/h4-9,12,17H,10-11,13H2,1-3H3,(H,19,21). The normalized spacial score (nSPS) is 12.2. The monoisotopic (exact) mass is 332 g/mol. The minimum Gasteiger partial charge on any atom is -0.497 e. The van der Waals surface area contributed by atoms with Crippen molar-refractivity contribution < 1.29 is 9.53 Å². The van der Waals surface area contributed by atoms with Crippen LogP contribution < -0.4 is 10.1 Å². The number of nitrogens with one attached hydrogen (secondary N) is 1. The molecule has 1 heterocycles. The number of nitrogens with zero attached hydrogens (tertiary/aromatic N) is 1. The van der Waals surface area contributed by atoms with E-state index in [-0.39, 0.29) is 11.9 Å². The van der Waals surface area contributed by atoms with Crippen LogP contribution in [0.5, 0.6) is 5.75 Å². The van der Waals surface area contributed by atoms with Crippen LogP contribution in [0.1, 0.15) is 22.9 Å². The summed E-state index contributed by atoms with van der Waals surface area (Å²) in [4.78, 5) is 15.4. The van der Waals surface area contributed by atoms with E-state index in [0.29, 0.717) is 13.0 Å². The summed E-state index contributed by atoms with van der Waals surface area (Å²) in [6, 6.07) is 12.2. The van der Waals surface area contributed by atoms with Crippen LogP contribution in [-0.4, -0.2) is 38.6 Å². The number of ether oxygens (including phenoxy) is 1. The lowest BCUT2D eigenvalue weighted by atomic mass is 10.1. The number of aryl methyl sites for hydroxylation is 1. The summed E-state index contributed by atoms with van der Waals surface area (Å²) in [5.41, 5.74) is 1.16. The van der Waals surface area contributed by atoms with Crippen LogP contribution in [0.25, 0.3) is 0 Å². The summed E-state index contributed by atoms with van der Waals surface area (Å²) in [6.07, 6.45) is 1.34. The molecule has 0 radical (unpaired) electrons. The van der Waals surface area contributed by atoms with Crippen molar-refractivity contribution in [2.45, 2.75) is 18.9 Å². The van der Waals surface area contributed by atoms with Crippen molar-refractivity contribution in [3.63, 3.8) is 0 Å². The van der Waals surface area contributed by atoms with E-state index >= 15 is 0 Å². The van der Waals surface area contributed by atoms with Crippen molar-refractivity contribution in [2.75, 3.05) is 27.7 Å². The molecule has 2 aromatic rings. The maximum atomic E-state index is 12.1. The molecular formula is C18H24N2O2S. The summed E-state index contributed by atoms with van der Waals surface area (Å²) < 4.78 is 5.19. The molecule has 23 heavy (non-hydrogen) atoms. The number of hydrogen-bond acceptors (Lipinski definition) is 4. The highest BCUT2D eigenvalue weighted by molar-refractivity contribution is 7.09. The highest BCUT2D eigenvalue weighted by atomic mass is 32.1. The SMILES string of the molecule is COc1ccc(C(CNC(=O)CCc2cccs2)N(C)C)cc1. The summed E-state index contributed by atoms with van der Waals surface area (Å²) in [7, 11) is 5.70. The number of carbonyl (C=O) groups excluding carboxylic acids is 1. The highest BCUT2D eigenvalue weighted by Crippen LogP contribution is 2.20. The fraction of sp³-hybridized carbons (Fsp3) is 0.389. The summed E-state index contributed by atoms with van der Waals surface area (Å²) in [5.74, 6) is 0.935. The first-order valence-electron chi connectivity index (χ1n) is 7.69. The van der Waals surface area contributed by atoms with Gasteiger partial charge in [-0.2, -0.15) is 0 Å². The molecule has 1 amide bonds. The molecule has 5 heteroatoms. The van der Waals surface area contributed by atoms with Crippen LogP contribution in [-0.2, 0) is 11.2 Å². The highest BCUT2D eigenvalue weighted by Gasteiger charge is 2.15. The molecular weight excluding hydrogens is 308 g/mol. The first-order chi connectivity index (χ1) is 11.1. The van der Waals surface area contributed by atoms with Crippen LogP contribution in [0.2, 0.25) is 0 Å². The fourth-order valence-electron chi connectivity index (χ4n) is 2.42. The van der Waals surface area contributed by atoms with E-state index < -0.39 is 0 Å². The molecule has 1 N–H and O–H groups in total. The van der Waals surface area contributed by atoms with Gasteiger partial charge in [0.15, 0.2) is 0 Å². The molecule has 0 saturated carbocycles. The molecule has 1 unspecified atom stereocenters. The Kier molecular flexibility index (Phi) is 6.62. The molecule has 0 bridgehead atoms. The average molecular weight is 332 g/mol. The van der Waals surface area contributed by atoms with Crippen LogP contribution in [0.4, 0.5) is 0 Å². The second-order valence-corrected chi connectivity index (χ2v) is 6.67. The van der Waals surface area contributed by atoms with Crippen molar-refractivity contribution in [2.24, 2.45) is 0 Å². The van der Waals surface area contributed by atoms with Gasteiger partial charge in [-0.15, -0.1) is 11.3 Å². The zero-order chi connectivity index (χ0) is 16.7. The third-order valence-corrected chi connectivity index (χ3v) is 4.73. The Morgan fingerprint density at radius 1 is 1.26 bits per heavy atom. The lowest BCUT2D eigenvalue weighted by Gasteiger charge is -2.25. The van der Waals surface area contributed by atoms with Gasteiger partial charge in [-0.1, -0.05) is 18.2 Å². The van der Waals surface area contributed by atoms with Gasteiger partial charge in [0.25, 0.3) is 0 Å². The van der Waals surface area contributed by atoms with Gasteiger partial charge >= 0.3 is 0 Å². The molecule has 1 aromatic carbocycles. The maximum absolute atomic E-state index is 12.1. The maximum Gasteiger partial charge on any atom is 0.220 e. The Labute approximate surface area is 142 Å². The number of thiophene rings is 1. The van der Waals surface area contributed by atoms with Gasteiger partial charge in [-0.05, 0) is 49.7 Å². The Balaban J connectivity index is 1.87. The van der Waals surface area contributed by atoms with E-state index in [1.807, 2.05) is 49.8 Å². The van der Waals surface area contributed by atoms with Crippen LogP contribution in [0.3, 0.4) is 0 Å². The second kappa shape index (κ2) is 8.70. The third kappa shape index (κ3) is 5.37. The van der Waals surface area contributed by atoms with Gasteiger partial charge in [0, 0.05) is 17.8 Å². The molecule has 124 valence electrons. The molecule has 4 nitrogen and oxygen atoms in total. The predicted molar refractivity (Wildman–Crippen MR) is 95.1 cm³/mol. The second-order valence-electron chi connectivity index (χ2n) is 5.64. The van der Waals surface area contributed by atoms with Gasteiger partial charge < -0.3 is 15.0 Å². The Morgan fingerprint density at radius 3 is 2.57 bits per heavy atom. The van der Waals surface area contributed by atoms with Crippen LogP contribution in [0.15, 0.2) is 41.8 Å². The van der Waals surface area contributed by atoms with E-state index in [1.54, 1.807) is 18.4 Å². The van der Waals surface area contributed by atoms with Gasteiger partial charge in [-0.25, -0.2) is 0 Å². The van der Waals surface area contributed by atoms with E-state index in [1.165, 1.54) is 4.88 Å². The third-order valence-electron chi connectivity index (χ3n) is 3.80. The lowest BCUT2D eigenvalue weighted by Crippen LogP contribution is -2.34. The number of carbonyl (C=O) groups is 1. The van der Waals surface area contributed by atoms with Crippen molar-refractivity contribution >= 4 is 17.2 Å². The van der Waals surface area contributed by atoms with E-state index in [2.05, 4.69) is 16.3 Å². The van der Waals surface area contributed by atoms with Gasteiger partial charge in [0.1, 0.15) is 5.75 Å². The molecule has 0 spiro atoms. The summed E-state index contributed by atoms with van der Waals surface area (Å²) in [5, 5.41) is 5.09. The Morgan fingerprint density at radius 2 is 2.00 bits per heavy atom. The molecule has 1 atom stereocenters. The summed E-state index contributed by atoms with van der Waals surface area (Å²) in [6.45, 7) is 0.600. The lowest BCUT2D eigenvalue weighted by molar-refractivity contribution is -0.121. The topological polar surface area (TPSA) is 41.6 Å². The van der Waals surface area contributed by atoms with Gasteiger partial charge in [0.2, 0.25) is 5.91 Å². The van der Waals surface area contributed by atoms with Crippen molar-refractivity contribution in [1.82, 2.24) is 10.2 Å². The van der Waals surface area contributed by atoms with Gasteiger partial charge in [0.05, 0.1) is 13.2 Å². The molecule has 0 aliphatic carbocycles. The summed E-state index contributed by atoms with van der Waals surface area (Å²) >= 11 is 1.69. The van der Waals surface area contributed by atoms with Crippen molar-refractivity contribution in [1.29, 1.82) is 0 Å². The Bertz CT molecular complexity index is 594. The van der Waals surface area contributed by atoms with Crippen molar-refractivity contribution in [3.8, 4) is 5.75 Å². The zero-order valence-electron chi connectivity index (χ0n) is 13.9. The number of likely N-dealkylation sites (N-methyl/N-ethyl adjacent to an activating group) is 1. The minimum atomic E-state index is 0.0961. The number of methoxy groups -OCH3 is 1. The molecule has 2 rings (SSSR count). The van der Waals surface area contributed by atoms with Gasteiger partial charge in [-0.3, -0.25) is 4.79 Å². The molecule has 0 aliphatic heterocycles. The minimum absolute atomic E-state index is 0.0961. The molecule has 0 saturated heterocycles. The predicted octanol–water partition coefficient (Wildman–Crippen LogP) is 3.11. The van der Waals surface area contributed by atoms with Crippen LogP contribution in [0, 0.1) is 0 Å². The first-order valence-corrected chi connectivity index (χ1v) is 8.57. The smallest absolute Gasteiger partial charge is 0.220 e. The first kappa shape index (κ1) is 17.5. The number of benzene rings is 1. The number of hydrogen-bond donors (Lipinski definition) is 1. The Hall–Kier alpha value is -1.85. The largest absolute Gasteiger partial charge is 0.497 e. The van der Waals surface area contributed by atoms with E-state index in [4.69, 9.17) is 4.74 Å². The van der Waals surface area contributed by atoms with Crippen LogP contribution >= 0.6 is 11.3 Å².